The van der Waals surface area contributed by atoms with Gasteiger partial charge in [-0.3, -0.25) is 0 Å². The summed E-state index contributed by atoms with van der Waals surface area (Å²) in [6.45, 7) is 6.29. The van der Waals surface area contributed by atoms with E-state index in [2.05, 4.69) is 32.9 Å². The lowest BCUT2D eigenvalue weighted by atomic mass is 9.81. The molecule has 1 rings (SSSR count). The van der Waals surface area contributed by atoms with Crippen molar-refractivity contribution in [3.8, 4) is 0 Å². The second-order valence-electron chi connectivity index (χ2n) is 3.90. The van der Waals surface area contributed by atoms with E-state index >= 15 is 0 Å². The molecule has 0 fully saturated rings. The zero-order valence-corrected chi connectivity index (χ0v) is 8.80. The Hall–Kier alpha value is -0.600. The lowest BCUT2D eigenvalue weighted by Gasteiger charge is -2.31. The Labute approximate surface area is 80.7 Å². The van der Waals surface area contributed by atoms with Crippen LogP contribution in [0.15, 0.2) is 23.3 Å². The summed E-state index contributed by atoms with van der Waals surface area (Å²) in [6, 6.07) is 0.0909. The van der Waals surface area contributed by atoms with E-state index in [0.29, 0.717) is 0 Å². The van der Waals surface area contributed by atoms with Crippen LogP contribution >= 0.6 is 0 Å². The molecule has 0 heterocycles. The van der Waals surface area contributed by atoms with Gasteiger partial charge in [0.25, 0.3) is 0 Å². The third-order valence-electron chi connectivity index (χ3n) is 2.86. The van der Waals surface area contributed by atoms with E-state index in [9.17, 15) is 0 Å². The number of nitrogens with two attached hydrogens (primary N) is 2. The van der Waals surface area contributed by atoms with Crippen LogP contribution < -0.4 is 11.5 Å². The van der Waals surface area contributed by atoms with Gasteiger partial charge >= 0.3 is 0 Å². The summed E-state index contributed by atoms with van der Waals surface area (Å²) in [5, 5.41) is 0. The molecule has 2 heteroatoms. The molecule has 0 aliphatic heterocycles. The van der Waals surface area contributed by atoms with Gasteiger partial charge in [0.1, 0.15) is 0 Å². The Bertz CT molecular complexity index is 253. The summed E-state index contributed by atoms with van der Waals surface area (Å²) < 4.78 is 0. The molecule has 0 spiro atoms. The molecule has 0 amide bonds. The van der Waals surface area contributed by atoms with E-state index in [1.807, 2.05) is 0 Å². The third-order valence-corrected chi connectivity index (χ3v) is 2.86. The van der Waals surface area contributed by atoms with Crippen molar-refractivity contribution in [2.75, 3.05) is 0 Å². The fourth-order valence-corrected chi connectivity index (χ4v) is 1.81. The standard InChI is InChI=1S/C11H20N2/c1-4-9-7-11(13,5-2)6-8(3)10(9)12/h6-7,10H,4-5,12-13H2,1-3H3. The van der Waals surface area contributed by atoms with Crippen molar-refractivity contribution in [3.63, 3.8) is 0 Å². The quantitative estimate of drug-likeness (QED) is 0.636. The number of hydrogen-bond acceptors (Lipinski definition) is 2. The first-order valence-corrected chi connectivity index (χ1v) is 4.98. The number of hydrogen-bond donors (Lipinski definition) is 2. The van der Waals surface area contributed by atoms with Crippen molar-refractivity contribution < 1.29 is 0 Å². The molecule has 1 aliphatic carbocycles. The van der Waals surface area contributed by atoms with Crippen molar-refractivity contribution in [2.45, 2.75) is 45.2 Å². The second-order valence-corrected chi connectivity index (χ2v) is 3.90. The molecular formula is C11H20N2. The summed E-state index contributed by atoms with van der Waals surface area (Å²) >= 11 is 0. The molecule has 0 aromatic heterocycles. The molecule has 74 valence electrons. The largest absolute Gasteiger partial charge is 0.321 e. The summed E-state index contributed by atoms with van der Waals surface area (Å²) in [5.41, 5.74) is 14.4. The predicted octanol–water partition coefficient (Wildman–Crippen LogP) is 1.72. The molecule has 2 atom stereocenters. The SMILES string of the molecule is CCC1=CC(N)(CC)C=C(C)C1N. The minimum Gasteiger partial charge on any atom is -0.321 e. The van der Waals surface area contributed by atoms with Crippen LogP contribution in [0.1, 0.15) is 33.6 Å². The summed E-state index contributed by atoms with van der Waals surface area (Å²) in [5.74, 6) is 0. The average molecular weight is 180 g/mol. The Morgan fingerprint density at radius 3 is 2.46 bits per heavy atom. The van der Waals surface area contributed by atoms with Gasteiger partial charge in [-0.25, -0.2) is 0 Å². The first-order chi connectivity index (χ1) is 6.02. The highest BCUT2D eigenvalue weighted by molar-refractivity contribution is 5.37. The molecule has 13 heavy (non-hydrogen) atoms. The normalized spacial score (nSPS) is 34.1. The molecular weight excluding hydrogens is 160 g/mol. The van der Waals surface area contributed by atoms with Gasteiger partial charge in [0, 0.05) is 6.04 Å². The first kappa shape index (κ1) is 10.5. The smallest absolute Gasteiger partial charge is 0.0528 e. The van der Waals surface area contributed by atoms with E-state index in [0.717, 1.165) is 12.8 Å². The van der Waals surface area contributed by atoms with Crippen LogP contribution in [0.25, 0.3) is 0 Å². The van der Waals surface area contributed by atoms with E-state index < -0.39 is 0 Å². The molecule has 4 N–H and O–H groups in total. The second kappa shape index (κ2) is 3.64. The first-order valence-electron chi connectivity index (χ1n) is 4.98. The molecule has 1 aliphatic rings. The lowest BCUT2D eigenvalue weighted by Crippen LogP contribution is -2.41. The molecule has 0 bridgehead atoms. The van der Waals surface area contributed by atoms with Gasteiger partial charge in [0.15, 0.2) is 0 Å². The molecule has 0 aromatic carbocycles. The van der Waals surface area contributed by atoms with Gasteiger partial charge in [-0.15, -0.1) is 0 Å². The van der Waals surface area contributed by atoms with Crippen LogP contribution in [0, 0.1) is 0 Å². The maximum Gasteiger partial charge on any atom is 0.0528 e. The van der Waals surface area contributed by atoms with Gasteiger partial charge in [-0.05, 0) is 19.8 Å². The van der Waals surface area contributed by atoms with E-state index in [1.165, 1.54) is 11.1 Å². The maximum atomic E-state index is 6.17. The predicted molar refractivity (Wildman–Crippen MR) is 57.3 cm³/mol. The molecule has 0 saturated carbocycles. The van der Waals surface area contributed by atoms with Gasteiger partial charge in [0.05, 0.1) is 5.54 Å². The number of rotatable bonds is 2. The Morgan fingerprint density at radius 2 is 2.00 bits per heavy atom. The fourth-order valence-electron chi connectivity index (χ4n) is 1.81. The van der Waals surface area contributed by atoms with Crippen LogP contribution in [0.4, 0.5) is 0 Å². The Kier molecular flexibility index (Phi) is 2.94. The van der Waals surface area contributed by atoms with Gasteiger partial charge < -0.3 is 11.5 Å². The highest BCUT2D eigenvalue weighted by Crippen LogP contribution is 2.26. The van der Waals surface area contributed by atoms with Crippen LogP contribution in [-0.2, 0) is 0 Å². The minimum atomic E-state index is -0.259. The summed E-state index contributed by atoms with van der Waals surface area (Å²) in [6.07, 6.45) is 6.15. The lowest BCUT2D eigenvalue weighted by molar-refractivity contribution is 0.591. The molecule has 2 unspecified atom stereocenters. The van der Waals surface area contributed by atoms with Crippen molar-refractivity contribution in [1.82, 2.24) is 0 Å². The van der Waals surface area contributed by atoms with Crippen molar-refractivity contribution in [2.24, 2.45) is 11.5 Å². The monoisotopic (exact) mass is 180 g/mol. The van der Waals surface area contributed by atoms with Gasteiger partial charge in [-0.2, -0.15) is 0 Å². The van der Waals surface area contributed by atoms with Crippen LogP contribution in [0.5, 0.6) is 0 Å². The zero-order valence-electron chi connectivity index (χ0n) is 8.80. The highest BCUT2D eigenvalue weighted by atomic mass is 14.7. The van der Waals surface area contributed by atoms with E-state index in [1.54, 1.807) is 0 Å². The topological polar surface area (TPSA) is 52.0 Å². The van der Waals surface area contributed by atoms with Crippen molar-refractivity contribution in [3.05, 3.63) is 23.3 Å². The summed E-state index contributed by atoms with van der Waals surface area (Å²) in [4.78, 5) is 0. The molecule has 2 nitrogen and oxygen atoms in total. The molecule has 0 aromatic rings. The maximum absolute atomic E-state index is 6.17. The minimum absolute atomic E-state index is 0.0909. The third kappa shape index (κ3) is 2.01. The van der Waals surface area contributed by atoms with Crippen LogP contribution in [0.2, 0.25) is 0 Å². The Morgan fingerprint density at radius 1 is 1.38 bits per heavy atom. The van der Waals surface area contributed by atoms with Crippen LogP contribution in [-0.4, -0.2) is 11.6 Å². The molecule has 0 radical (unpaired) electrons. The fraction of sp³-hybridized carbons (Fsp3) is 0.636. The van der Waals surface area contributed by atoms with Gasteiger partial charge in [-0.1, -0.05) is 37.1 Å². The van der Waals surface area contributed by atoms with E-state index in [4.69, 9.17) is 11.5 Å². The van der Waals surface area contributed by atoms with Crippen molar-refractivity contribution in [1.29, 1.82) is 0 Å². The average Bonchev–Trinajstić information content (AvgIpc) is 2.11. The highest BCUT2D eigenvalue weighted by Gasteiger charge is 2.25. The summed E-state index contributed by atoms with van der Waals surface area (Å²) in [7, 11) is 0. The Balaban J connectivity index is 3.00. The van der Waals surface area contributed by atoms with Crippen LogP contribution in [0.3, 0.4) is 0 Å². The van der Waals surface area contributed by atoms with Crippen molar-refractivity contribution >= 4 is 0 Å². The van der Waals surface area contributed by atoms with E-state index in [-0.39, 0.29) is 11.6 Å². The molecule has 0 saturated heterocycles. The van der Waals surface area contributed by atoms with Gasteiger partial charge in [0.2, 0.25) is 0 Å². The zero-order chi connectivity index (χ0) is 10.1.